The van der Waals surface area contributed by atoms with Crippen LogP contribution in [0.15, 0.2) is 15.9 Å². The summed E-state index contributed by atoms with van der Waals surface area (Å²) in [5.41, 5.74) is 0. The molecule has 1 heterocycles. The van der Waals surface area contributed by atoms with E-state index in [-0.39, 0.29) is 13.0 Å². The smallest absolute Gasteiger partial charge is 0.306 e. The standard InChI is InChI=1S/C11H17BrN2O4S2/c1-14(8-6-11(15)18-2)20(16,17)13-7-5-9-3-4-10(12)19-9/h3-4,13H,5-8H2,1-2H3. The van der Waals surface area contributed by atoms with Gasteiger partial charge in [0.25, 0.3) is 10.2 Å². The quantitative estimate of drug-likeness (QED) is 0.686. The van der Waals surface area contributed by atoms with Crippen LogP contribution in [0, 0.1) is 0 Å². The predicted molar refractivity (Wildman–Crippen MR) is 81.9 cm³/mol. The molecular formula is C11H17BrN2O4S2. The lowest BCUT2D eigenvalue weighted by molar-refractivity contribution is -0.140. The number of carbonyl (C=O) groups is 1. The number of ether oxygens (including phenoxy) is 1. The second kappa shape index (κ2) is 8.08. The molecule has 1 aromatic heterocycles. The summed E-state index contributed by atoms with van der Waals surface area (Å²) in [4.78, 5) is 12.1. The molecule has 1 rings (SSSR count). The summed E-state index contributed by atoms with van der Waals surface area (Å²) in [5.74, 6) is -0.435. The van der Waals surface area contributed by atoms with E-state index in [1.165, 1.54) is 14.2 Å². The van der Waals surface area contributed by atoms with Crippen molar-refractivity contribution in [1.29, 1.82) is 0 Å². The van der Waals surface area contributed by atoms with E-state index in [0.29, 0.717) is 13.0 Å². The third-order valence-electron chi connectivity index (χ3n) is 2.55. The zero-order valence-electron chi connectivity index (χ0n) is 11.3. The maximum absolute atomic E-state index is 11.9. The maximum atomic E-state index is 11.9. The number of carbonyl (C=O) groups excluding carboxylic acids is 1. The first-order valence-corrected chi connectivity index (χ1v) is 8.92. The molecule has 0 radical (unpaired) electrons. The molecule has 0 atom stereocenters. The summed E-state index contributed by atoms with van der Waals surface area (Å²) < 4.78 is 32.9. The molecule has 0 fully saturated rings. The van der Waals surface area contributed by atoms with Crippen molar-refractivity contribution in [3.63, 3.8) is 0 Å². The van der Waals surface area contributed by atoms with Gasteiger partial charge in [-0.05, 0) is 34.5 Å². The van der Waals surface area contributed by atoms with Crippen LogP contribution in [-0.2, 0) is 26.2 Å². The highest BCUT2D eigenvalue weighted by Crippen LogP contribution is 2.22. The van der Waals surface area contributed by atoms with Crippen LogP contribution in [0.25, 0.3) is 0 Å². The van der Waals surface area contributed by atoms with Gasteiger partial charge in [0.2, 0.25) is 0 Å². The number of thiophene rings is 1. The third-order valence-corrected chi connectivity index (χ3v) is 5.81. The fourth-order valence-corrected chi connectivity index (χ4v) is 3.77. The molecule has 1 N–H and O–H groups in total. The monoisotopic (exact) mass is 384 g/mol. The van der Waals surface area contributed by atoms with Gasteiger partial charge in [0, 0.05) is 25.0 Å². The van der Waals surface area contributed by atoms with Crippen LogP contribution in [0.4, 0.5) is 0 Å². The number of halogens is 1. The molecule has 6 nitrogen and oxygen atoms in total. The van der Waals surface area contributed by atoms with Gasteiger partial charge in [-0.15, -0.1) is 11.3 Å². The average Bonchev–Trinajstić information content (AvgIpc) is 2.80. The van der Waals surface area contributed by atoms with Crippen LogP contribution in [-0.4, -0.2) is 45.9 Å². The Morgan fingerprint density at radius 3 is 2.75 bits per heavy atom. The van der Waals surface area contributed by atoms with Crippen LogP contribution in [0.5, 0.6) is 0 Å². The van der Waals surface area contributed by atoms with Crippen LogP contribution in [0.2, 0.25) is 0 Å². The van der Waals surface area contributed by atoms with Gasteiger partial charge in [0.15, 0.2) is 0 Å². The highest BCUT2D eigenvalue weighted by Gasteiger charge is 2.17. The second-order valence-corrected chi connectivity index (χ2v) is 8.41. The van der Waals surface area contributed by atoms with Gasteiger partial charge in [-0.2, -0.15) is 12.7 Å². The molecule has 0 amide bonds. The van der Waals surface area contributed by atoms with Crippen LogP contribution < -0.4 is 4.72 Å². The van der Waals surface area contributed by atoms with Crippen molar-refractivity contribution in [1.82, 2.24) is 9.03 Å². The molecule has 0 aliphatic rings. The summed E-state index contributed by atoms with van der Waals surface area (Å²) >= 11 is 4.93. The second-order valence-electron chi connectivity index (χ2n) is 4.00. The molecule has 20 heavy (non-hydrogen) atoms. The molecule has 0 spiro atoms. The van der Waals surface area contributed by atoms with Crippen LogP contribution >= 0.6 is 27.3 Å². The molecule has 0 aliphatic heterocycles. The van der Waals surface area contributed by atoms with Crippen molar-refractivity contribution in [2.75, 3.05) is 27.2 Å². The lowest BCUT2D eigenvalue weighted by Gasteiger charge is -2.16. The van der Waals surface area contributed by atoms with E-state index >= 15 is 0 Å². The zero-order chi connectivity index (χ0) is 15.2. The Labute approximate surface area is 131 Å². The van der Waals surface area contributed by atoms with E-state index in [4.69, 9.17) is 0 Å². The Kier molecular flexibility index (Phi) is 7.10. The number of rotatable bonds is 8. The molecule has 0 aromatic carbocycles. The van der Waals surface area contributed by atoms with Gasteiger partial charge in [-0.25, -0.2) is 4.72 Å². The topological polar surface area (TPSA) is 75.7 Å². The first-order chi connectivity index (χ1) is 9.35. The summed E-state index contributed by atoms with van der Waals surface area (Å²) in [7, 11) is -0.863. The summed E-state index contributed by atoms with van der Waals surface area (Å²) in [5, 5.41) is 0. The Bertz CT molecular complexity index is 544. The van der Waals surface area contributed by atoms with Gasteiger partial charge in [-0.1, -0.05) is 0 Å². The maximum Gasteiger partial charge on any atom is 0.306 e. The van der Waals surface area contributed by atoms with Crippen molar-refractivity contribution in [2.24, 2.45) is 0 Å². The number of esters is 1. The fraction of sp³-hybridized carbons (Fsp3) is 0.545. The van der Waals surface area contributed by atoms with E-state index < -0.39 is 16.2 Å². The number of hydrogen-bond donors (Lipinski definition) is 1. The molecule has 0 aliphatic carbocycles. The molecule has 0 bridgehead atoms. The molecule has 114 valence electrons. The molecule has 0 unspecified atom stereocenters. The number of nitrogens with zero attached hydrogens (tertiary/aromatic N) is 1. The molecule has 9 heteroatoms. The van der Waals surface area contributed by atoms with E-state index in [0.717, 1.165) is 13.0 Å². The first-order valence-electron chi connectivity index (χ1n) is 5.87. The van der Waals surface area contributed by atoms with E-state index in [1.54, 1.807) is 11.3 Å². The van der Waals surface area contributed by atoms with E-state index in [2.05, 4.69) is 25.4 Å². The average molecular weight is 385 g/mol. The minimum Gasteiger partial charge on any atom is -0.469 e. The summed E-state index contributed by atoms with van der Waals surface area (Å²) in [6.45, 7) is 0.407. The Hall–Kier alpha value is -0.480. The van der Waals surface area contributed by atoms with Crippen molar-refractivity contribution >= 4 is 43.4 Å². The highest BCUT2D eigenvalue weighted by molar-refractivity contribution is 9.11. The van der Waals surface area contributed by atoms with Crippen LogP contribution in [0.1, 0.15) is 11.3 Å². The van der Waals surface area contributed by atoms with E-state index in [9.17, 15) is 13.2 Å². The SMILES string of the molecule is COC(=O)CCN(C)S(=O)(=O)NCCc1ccc(Br)s1. The Morgan fingerprint density at radius 1 is 1.50 bits per heavy atom. The zero-order valence-corrected chi connectivity index (χ0v) is 14.5. The van der Waals surface area contributed by atoms with Gasteiger partial charge in [0.1, 0.15) is 0 Å². The number of nitrogens with one attached hydrogen (secondary N) is 1. The summed E-state index contributed by atoms with van der Waals surface area (Å²) in [6.07, 6.45) is 0.659. The molecule has 0 saturated heterocycles. The molecule has 1 aromatic rings. The van der Waals surface area contributed by atoms with Crippen molar-refractivity contribution < 1.29 is 17.9 Å². The van der Waals surface area contributed by atoms with Crippen LogP contribution in [0.3, 0.4) is 0 Å². The summed E-state index contributed by atoms with van der Waals surface area (Å²) in [6, 6.07) is 3.88. The number of methoxy groups -OCH3 is 1. The first kappa shape index (κ1) is 17.6. The molecular weight excluding hydrogens is 368 g/mol. The third kappa shape index (κ3) is 5.88. The van der Waals surface area contributed by atoms with E-state index in [1.807, 2.05) is 12.1 Å². The lowest BCUT2D eigenvalue weighted by Crippen LogP contribution is -2.40. The largest absolute Gasteiger partial charge is 0.469 e. The number of hydrogen-bond acceptors (Lipinski definition) is 5. The molecule has 0 saturated carbocycles. The van der Waals surface area contributed by atoms with Crippen molar-refractivity contribution in [3.05, 3.63) is 20.8 Å². The van der Waals surface area contributed by atoms with Gasteiger partial charge >= 0.3 is 5.97 Å². The normalized spacial score (nSPS) is 11.8. The predicted octanol–water partition coefficient (Wildman–Crippen LogP) is 1.38. The van der Waals surface area contributed by atoms with Gasteiger partial charge in [-0.3, -0.25) is 4.79 Å². The lowest BCUT2D eigenvalue weighted by atomic mass is 10.3. The van der Waals surface area contributed by atoms with Crippen molar-refractivity contribution in [3.8, 4) is 0 Å². The Morgan fingerprint density at radius 2 is 2.20 bits per heavy atom. The fourth-order valence-electron chi connectivity index (χ4n) is 1.37. The van der Waals surface area contributed by atoms with Crippen molar-refractivity contribution in [2.45, 2.75) is 12.8 Å². The Balaban J connectivity index is 2.38. The van der Waals surface area contributed by atoms with Gasteiger partial charge in [0.05, 0.1) is 17.3 Å². The highest BCUT2D eigenvalue weighted by atomic mass is 79.9. The minimum atomic E-state index is -3.56. The minimum absolute atomic E-state index is 0.0335. The van der Waals surface area contributed by atoms with Gasteiger partial charge < -0.3 is 4.74 Å².